The zero-order valence-electron chi connectivity index (χ0n) is 13.7. The summed E-state index contributed by atoms with van der Waals surface area (Å²) in [5, 5.41) is 7.53. The summed E-state index contributed by atoms with van der Waals surface area (Å²) < 4.78 is 3.77. The van der Waals surface area contributed by atoms with Crippen molar-refractivity contribution < 1.29 is 0 Å². The Labute approximate surface area is 139 Å². The molecule has 0 spiro atoms. The lowest BCUT2D eigenvalue weighted by Crippen LogP contribution is -2.12. The molecule has 1 N–H and O–H groups in total. The molecule has 0 aliphatic carbocycles. The number of fused-ring (bicyclic) bond motifs is 1. The van der Waals surface area contributed by atoms with Crippen molar-refractivity contribution in [2.45, 2.75) is 6.92 Å². The van der Waals surface area contributed by atoms with E-state index in [4.69, 9.17) is 0 Å². The molecular weight excluding hydrogens is 301 g/mol. The normalized spacial score (nSPS) is 11.1. The molecule has 118 valence electrons. The first-order valence-corrected chi connectivity index (χ1v) is 7.63. The monoisotopic (exact) mass is 317 g/mol. The first-order valence-electron chi connectivity index (χ1n) is 7.63. The van der Waals surface area contributed by atoms with E-state index in [2.05, 4.69) is 31.4 Å². The molecular formula is C16H16BN7. The molecule has 0 aliphatic heterocycles. The van der Waals surface area contributed by atoms with Gasteiger partial charge in [0, 0.05) is 37.4 Å². The van der Waals surface area contributed by atoms with E-state index >= 15 is 0 Å². The minimum absolute atomic E-state index is 0.692. The Bertz CT molecular complexity index is 1030. The van der Waals surface area contributed by atoms with Crippen LogP contribution in [0.4, 0.5) is 11.5 Å². The molecule has 0 unspecified atom stereocenters. The third-order valence-corrected chi connectivity index (χ3v) is 4.03. The van der Waals surface area contributed by atoms with Crippen LogP contribution in [-0.2, 0) is 7.05 Å². The fourth-order valence-corrected chi connectivity index (χ4v) is 2.62. The highest BCUT2D eigenvalue weighted by molar-refractivity contribution is 6.31. The summed E-state index contributed by atoms with van der Waals surface area (Å²) in [5.41, 5.74) is 5.79. The Hall–Kier alpha value is -3.16. The third-order valence-electron chi connectivity index (χ3n) is 4.03. The fourth-order valence-electron chi connectivity index (χ4n) is 2.62. The van der Waals surface area contributed by atoms with Gasteiger partial charge in [0.15, 0.2) is 19.3 Å². The predicted molar refractivity (Wildman–Crippen MR) is 95.6 cm³/mol. The van der Waals surface area contributed by atoms with Crippen LogP contribution in [0.5, 0.6) is 0 Å². The number of aromatic nitrogens is 6. The Morgan fingerprint density at radius 3 is 2.75 bits per heavy atom. The van der Waals surface area contributed by atoms with Gasteiger partial charge in [-0.3, -0.25) is 14.1 Å². The largest absolute Gasteiger partial charge is 0.336 e. The first-order chi connectivity index (χ1) is 11.6. The minimum atomic E-state index is 0.692. The Balaban J connectivity index is 1.77. The van der Waals surface area contributed by atoms with Gasteiger partial charge in [-0.05, 0) is 24.1 Å². The van der Waals surface area contributed by atoms with Gasteiger partial charge >= 0.3 is 0 Å². The van der Waals surface area contributed by atoms with Gasteiger partial charge in [-0.2, -0.15) is 5.10 Å². The van der Waals surface area contributed by atoms with Gasteiger partial charge in [-0.25, -0.2) is 9.97 Å². The zero-order valence-corrected chi connectivity index (χ0v) is 13.7. The van der Waals surface area contributed by atoms with E-state index in [-0.39, 0.29) is 0 Å². The van der Waals surface area contributed by atoms with Crippen molar-refractivity contribution in [3.63, 3.8) is 0 Å². The quantitative estimate of drug-likeness (QED) is 0.567. The van der Waals surface area contributed by atoms with Crippen LogP contribution in [0.25, 0.3) is 16.9 Å². The van der Waals surface area contributed by atoms with Crippen LogP contribution < -0.4 is 10.9 Å². The van der Waals surface area contributed by atoms with E-state index in [0.717, 1.165) is 33.7 Å². The second kappa shape index (κ2) is 5.49. The molecule has 4 rings (SSSR count). The summed E-state index contributed by atoms with van der Waals surface area (Å²) >= 11 is 0. The lowest BCUT2D eigenvalue weighted by atomic mass is 9.98. The molecule has 8 heteroatoms. The predicted octanol–water partition coefficient (Wildman–Crippen LogP) is 0.835. The van der Waals surface area contributed by atoms with Crippen molar-refractivity contribution in [3.8, 4) is 11.3 Å². The van der Waals surface area contributed by atoms with E-state index in [9.17, 15) is 0 Å². The molecule has 0 radical (unpaired) electrons. The maximum absolute atomic E-state index is 4.52. The van der Waals surface area contributed by atoms with Crippen molar-refractivity contribution >= 4 is 30.6 Å². The molecule has 0 aliphatic rings. The van der Waals surface area contributed by atoms with Crippen LogP contribution in [0.2, 0.25) is 0 Å². The summed E-state index contributed by atoms with van der Waals surface area (Å²) in [6.45, 7) is 2.04. The molecule has 0 saturated carbocycles. The van der Waals surface area contributed by atoms with Gasteiger partial charge in [0.25, 0.3) is 0 Å². The highest BCUT2D eigenvalue weighted by Gasteiger charge is 2.12. The van der Waals surface area contributed by atoms with E-state index < -0.39 is 0 Å². The number of hydrogen-bond donors (Lipinski definition) is 1. The first kappa shape index (κ1) is 14.4. The summed E-state index contributed by atoms with van der Waals surface area (Å²) in [6, 6.07) is 2.05. The van der Waals surface area contributed by atoms with Crippen LogP contribution >= 0.6 is 0 Å². The molecule has 24 heavy (non-hydrogen) atoms. The Morgan fingerprint density at radius 2 is 2.00 bits per heavy atom. The summed E-state index contributed by atoms with van der Waals surface area (Å²) in [5.74, 6) is 0.692. The topological polar surface area (TPSA) is 72.9 Å². The summed E-state index contributed by atoms with van der Waals surface area (Å²) in [6.07, 6.45) is 11.1. The Kier molecular flexibility index (Phi) is 3.30. The molecule has 0 amide bonds. The lowest BCUT2D eigenvalue weighted by Gasteiger charge is -2.08. The van der Waals surface area contributed by atoms with Crippen LogP contribution in [0.15, 0.2) is 43.2 Å². The number of rotatable bonds is 3. The molecule has 4 aromatic rings. The van der Waals surface area contributed by atoms with Gasteiger partial charge in [-0.1, -0.05) is 0 Å². The molecule has 0 saturated heterocycles. The van der Waals surface area contributed by atoms with E-state index in [1.54, 1.807) is 17.1 Å². The highest BCUT2D eigenvalue weighted by atomic mass is 15.2. The van der Waals surface area contributed by atoms with Gasteiger partial charge in [-0.15, -0.1) is 0 Å². The summed E-state index contributed by atoms with van der Waals surface area (Å²) in [7, 11) is 3.89. The smallest absolute Gasteiger partial charge is 0.180 e. The SMILES string of the molecule is Bc1ncc(Nc2nccn3c(-c4cnn(C)c4)cnc23)cc1C. The van der Waals surface area contributed by atoms with Crippen molar-refractivity contribution in [3.05, 3.63) is 48.8 Å². The number of anilines is 2. The van der Waals surface area contributed by atoms with Crippen LogP contribution in [0.1, 0.15) is 5.56 Å². The van der Waals surface area contributed by atoms with Crippen LogP contribution in [0, 0.1) is 6.92 Å². The second-order valence-electron chi connectivity index (χ2n) is 5.77. The van der Waals surface area contributed by atoms with Crippen molar-refractivity contribution in [2.24, 2.45) is 7.05 Å². The molecule has 7 nitrogen and oxygen atoms in total. The fraction of sp³-hybridized carbons (Fsp3) is 0.125. The van der Waals surface area contributed by atoms with Gasteiger partial charge in [0.1, 0.15) is 0 Å². The summed E-state index contributed by atoms with van der Waals surface area (Å²) in [4.78, 5) is 13.3. The van der Waals surface area contributed by atoms with Crippen molar-refractivity contribution in [1.82, 2.24) is 29.1 Å². The average molecular weight is 317 g/mol. The third kappa shape index (κ3) is 2.42. The molecule has 0 fully saturated rings. The van der Waals surface area contributed by atoms with Gasteiger partial charge < -0.3 is 5.32 Å². The number of nitrogens with zero attached hydrogens (tertiary/aromatic N) is 6. The molecule has 0 atom stereocenters. The maximum Gasteiger partial charge on any atom is 0.180 e. The Morgan fingerprint density at radius 1 is 1.12 bits per heavy atom. The minimum Gasteiger partial charge on any atom is -0.336 e. The maximum atomic E-state index is 4.52. The van der Waals surface area contributed by atoms with Crippen LogP contribution in [-0.4, -0.2) is 37.0 Å². The number of imidazole rings is 1. The molecule has 0 aromatic carbocycles. The lowest BCUT2D eigenvalue weighted by molar-refractivity contribution is 0.768. The van der Waals surface area contributed by atoms with Crippen molar-refractivity contribution in [1.29, 1.82) is 0 Å². The van der Waals surface area contributed by atoms with E-state index in [1.807, 2.05) is 51.0 Å². The second-order valence-corrected chi connectivity index (χ2v) is 5.77. The number of nitrogens with one attached hydrogen (secondary N) is 1. The molecule has 4 aromatic heterocycles. The van der Waals surface area contributed by atoms with Crippen LogP contribution in [0.3, 0.4) is 0 Å². The highest BCUT2D eigenvalue weighted by Crippen LogP contribution is 2.24. The van der Waals surface area contributed by atoms with Gasteiger partial charge in [0.05, 0.1) is 23.8 Å². The number of pyridine rings is 1. The van der Waals surface area contributed by atoms with E-state index in [0.29, 0.717) is 5.82 Å². The van der Waals surface area contributed by atoms with Crippen molar-refractivity contribution in [2.75, 3.05) is 5.32 Å². The molecule has 4 heterocycles. The zero-order chi connectivity index (χ0) is 16.7. The standard InChI is InChI=1S/C16H16BN7/c1-10-5-12(7-19-14(10)17)22-15-16-20-8-13(24(16)4-3-18-15)11-6-21-23(2)9-11/h3-9H,17H2,1-2H3,(H,18,22). The van der Waals surface area contributed by atoms with Gasteiger partial charge in [0.2, 0.25) is 0 Å². The van der Waals surface area contributed by atoms with E-state index in [1.165, 1.54) is 0 Å². The average Bonchev–Trinajstić information content (AvgIpc) is 3.17. The number of hydrogen-bond acceptors (Lipinski definition) is 5. The number of aryl methyl sites for hydroxylation is 2. The molecule has 0 bridgehead atoms.